The number of nitrogens with one attached hydrogen (secondary N) is 1. The minimum absolute atomic E-state index is 0.0696. The molecule has 0 aliphatic carbocycles. The summed E-state index contributed by atoms with van der Waals surface area (Å²) in [6, 6.07) is 7.72. The Hall–Kier alpha value is -2.63. The lowest BCUT2D eigenvalue weighted by Crippen LogP contribution is -2.28. The van der Waals surface area contributed by atoms with E-state index in [0.717, 1.165) is 18.9 Å². The molecular formula is C18H19N3O6S2. The van der Waals surface area contributed by atoms with E-state index in [1.165, 1.54) is 46.4 Å². The zero-order valence-electron chi connectivity index (χ0n) is 15.5. The first-order valence-corrected chi connectivity index (χ1v) is 11.4. The third-order valence-corrected chi connectivity index (χ3v) is 7.18. The molecule has 1 amide bonds. The number of thioether (sulfide) groups is 1. The maximum Gasteiger partial charge on any atom is 0.282 e. The Bertz CT molecular complexity index is 1070. The Morgan fingerprint density at radius 2 is 1.90 bits per heavy atom. The van der Waals surface area contributed by atoms with Gasteiger partial charge in [-0.3, -0.25) is 14.9 Å². The van der Waals surface area contributed by atoms with Gasteiger partial charge in [0.2, 0.25) is 10.0 Å². The number of amides is 1. The van der Waals surface area contributed by atoms with Crippen LogP contribution in [0.1, 0.15) is 23.2 Å². The lowest BCUT2D eigenvalue weighted by molar-refractivity contribution is -0.385. The lowest BCUT2D eigenvalue weighted by atomic mass is 10.1. The molecule has 1 heterocycles. The molecule has 1 saturated heterocycles. The molecule has 1 fully saturated rings. The van der Waals surface area contributed by atoms with Crippen molar-refractivity contribution < 1.29 is 23.2 Å². The number of carbonyl (C=O) groups is 1. The highest BCUT2D eigenvalue weighted by Crippen LogP contribution is 2.31. The summed E-state index contributed by atoms with van der Waals surface area (Å²) in [7, 11) is -3.75. The Morgan fingerprint density at radius 1 is 1.21 bits per heavy atom. The average molecular weight is 437 g/mol. The van der Waals surface area contributed by atoms with Crippen LogP contribution in [0.2, 0.25) is 0 Å². The van der Waals surface area contributed by atoms with Gasteiger partial charge in [-0.25, -0.2) is 8.42 Å². The molecule has 154 valence electrons. The molecule has 2 aromatic carbocycles. The van der Waals surface area contributed by atoms with Gasteiger partial charge in [-0.1, -0.05) is 0 Å². The van der Waals surface area contributed by atoms with Crippen LogP contribution < -0.4 is 5.32 Å². The van der Waals surface area contributed by atoms with Gasteiger partial charge in [0.1, 0.15) is 11.3 Å². The van der Waals surface area contributed by atoms with E-state index >= 15 is 0 Å². The van der Waals surface area contributed by atoms with Crippen LogP contribution in [0.3, 0.4) is 0 Å². The number of rotatable bonds is 6. The van der Waals surface area contributed by atoms with Crippen molar-refractivity contribution >= 4 is 39.1 Å². The maximum atomic E-state index is 12.7. The molecule has 1 aliphatic rings. The van der Waals surface area contributed by atoms with Crippen LogP contribution in [0.4, 0.5) is 11.4 Å². The Morgan fingerprint density at radius 3 is 2.52 bits per heavy atom. The summed E-state index contributed by atoms with van der Waals surface area (Å²) in [5.41, 5.74) is -0.714. The average Bonchev–Trinajstić information content (AvgIpc) is 3.24. The summed E-state index contributed by atoms with van der Waals surface area (Å²) in [5.74, 6) is -1.17. The molecule has 2 N–H and O–H groups in total. The van der Waals surface area contributed by atoms with Crippen LogP contribution in [0.15, 0.2) is 46.2 Å². The maximum absolute atomic E-state index is 12.7. The molecule has 1 aliphatic heterocycles. The van der Waals surface area contributed by atoms with Crippen molar-refractivity contribution in [3.8, 4) is 5.75 Å². The Labute approximate surface area is 171 Å². The van der Waals surface area contributed by atoms with E-state index in [1.54, 1.807) is 6.26 Å². The van der Waals surface area contributed by atoms with E-state index in [0.29, 0.717) is 18.0 Å². The molecule has 0 aromatic heterocycles. The van der Waals surface area contributed by atoms with Gasteiger partial charge in [-0.2, -0.15) is 4.31 Å². The van der Waals surface area contributed by atoms with E-state index in [9.17, 15) is 28.4 Å². The van der Waals surface area contributed by atoms with Gasteiger partial charge in [0, 0.05) is 24.1 Å². The third kappa shape index (κ3) is 4.36. The largest absolute Gasteiger partial charge is 0.506 e. The highest BCUT2D eigenvalue weighted by molar-refractivity contribution is 7.98. The predicted octanol–water partition coefficient (Wildman–Crippen LogP) is 3.06. The van der Waals surface area contributed by atoms with Crippen molar-refractivity contribution in [3.63, 3.8) is 0 Å². The number of hydrogen-bond donors (Lipinski definition) is 2. The smallest absolute Gasteiger partial charge is 0.282 e. The van der Waals surface area contributed by atoms with Crippen LogP contribution in [0.5, 0.6) is 5.75 Å². The van der Waals surface area contributed by atoms with Crippen molar-refractivity contribution in [1.82, 2.24) is 4.31 Å². The van der Waals surface area contributed by atoms with Crippen molar-refractivity contribution in [3.05, 3.63) is 52.1 Å². The van der Waals surface area contributed by atoms with Gasteiger partial charge < -0.3 is 10.4 Å². The van der Waals surface area contributed by atoms with Crippen molar-refractivity contribution in [1.29, 1.82) is 0 Å². The van der Waals surface area contributed by atoms with Crippen LogP contribution >= 0.6 is 11.8 Å². The fraction of sp³-hybridized carbons (Fsp3) is 0.278. The molecular weight excluding hydrogens is 418 g/mol. The number of phenolic OH excluding ortho intramolecular Hbond substituents is 1. The minimum Gasteiger partial charge on any atom is -0.506 e. The summed E-state index contributed by atoms with van der Waals surface area (Å²) < 4.78 is 26.8. The van der Waals surface area contributed by atoms with Crippen LogP contribution in [0, 0.1) is 10.1 Å². The van der Waals surface area contributed by atoms with E-state index in [2.05, 4.69) is 5.32 Å². The normalized spacial score (nSPS) is 14.7. The van der Waals surface area contributed by atoms with Gasteiger partial charge in [-0.15, -0.1) is 11.8 Å². The summed E-state index contributed by atoms with van der Waals surface area (Å²) in [6.45, 7) is 0.831. The van der Waals surface area contributed by atoms with E-state index < -0.39 is 20.9 Å². The highest BCUT2D eigenvalue weighted by Gasteiger charge is 2.28. The van der Waals surface area contributed by atoms with Gasteiger partial charge in [-0.05, 0) is 49.4 Å². The van der Waals surface area contributed by atoms with E-state index in [-0.39, 0.29) is 27.6 Å². The summed E-state index contributed by atoms with van der Waals surface area (Å²) in [5, 5.41) is 23.7. The molecule has 3 rings (SSSR count). The van der Waals surface area contributed by atoms with E-state index in [1.807, 2.05) is 0 Å². The lowest BCUT2D eigenvalue weighted by Gasteiger charge is -2.16. The van der Waals surface area contributed by atoms with Crippen molar-refractivity contribution in [2.24, 2.45) is 0 Å². The molecule has 0 unspecified atom stereocenters. The molecule has 0 saturated carbocycles. The second-order valence-electron chi connectivity index (χ2n) is 6.38. The summed E-state index contributed by atoms with van der Waals surface area (Å²) in [4.78, 5) is 23.8. The molecule has 0 radical (unpaired) electrons. The van der Waals surface area contributed by atoms with Crippen molar-refractivity contribution in [2.75, 3.05) is 24.7 Å². The molecule has 0 bridgehead atoms. The number of nitro benzene ring substituents is 1. The van der Waals surface area contributed by atoms with Gasteiger partial charge in [0.05, 0.1) is 15.5 Å². The number of nitro groups is 1. The molecule has 9 nitrogen and oxygen atoms in total. The topological polar surface area (TPSA) is 130 Å². The standard InChI is InChI=1S/C18H19N3O6S2/c1-28-12-4-6-16(21(24)25)14(10-12)18(23)19-15-11-13(5-7-17(15)22)29(26,27)20-8-2-3-9-20/h4-7,10-11,22H,2-3,8-9H2,1H3,(H,19,23). The zero-order valence-corrected chi connectivity index (χ0v) is 17.1. The highest BCUT2D eigenvalue weighted by atomic mass is 32.2. The third-order valence-electron chi connectivity index (χ3n) is 4.56. The number of sulfonamides is 1. The number of aromatic hydroxyl groups is 1. The fourth-order valence-electron chi connectivity index (χ4n) is 3.03. The number of anilines is 1. The van der Waals surface area contributed by atoms with Gasteiger partial charge in [0.25, 0.3) is 11.6 Å². The summed E-state index contributed by atoms with van der Waals surface area (Å²) in [6.07, 6.45) is 3.31. The molecule has 2 aromatic rings. The molecule has 0 spiro atoms. The second kappa shape index (κ2) is 8.39. The molecule has 11 heteroatoms. The fourth-order valence-corrected chi connectivity index (χ4v) is 5.01. The Kier molecular flexibility index (Phi) is 6.10. The number of phenols is 1. The van der Waals surface area contributed by atoms with Crippen LogP contribution in [-0.4, -0.2) is 48.0 Å². The SMILES string of the molecule is CSc1ccc([N+](=O)[O-])c(C(=O)Nc2cc(S(=O)(=O)N3CCCC3)ccc2O)c1. The predicted molar refractivity (Wildman–Crippen MR) is 109 cm³/mol. The number of benzene rings is 2. The summed E-state index contributed by atoms with van der Waals surface area (Å²) >= 11 is 1.31. The number of nitrogens with zero attached hydrogens (tertiary/aromatic N) is 2. The van der Waals surface area contributed by atoms with Crippen LogP contribution in [0.25, 0.3) is 0 Å². The van der Waals surface area contributed by atoms with E-state index in [4.69, 9.17) is 0 Å². The van der Waals surface area contributed by atoms with Crippen LogP contribution in [-0.2, 0) is 10.0 Å². The monoisotopic (exact) mass is 437 g/mol. The first-order chi connectivity index (χ1) is 13.7. The number of hydrogen-bond acceptors (Lipinski definition) is 7. The first-order valence-electron chi connectivity index (χ1n) is 8.71. The van der Waals surface area contributed by atoms with Crippen molar-refractivity contribution in [2.45, 2.75) is 22.6 Å². The zero-order chi connectivity index (χ0) is 21.2. The molecule has 29 heavy (non-hydrogen) atoms. The minimum atomic E-state index is -3.75. The Balaban J connectivity index is 1.95. The molecule has 0 atom stereocenters. The van der Waals surface area contributed by atoms with Gasteiger partial charge in [0.15, 0.2) is 0 Å². The number of carbonyl (C=O) groups excluding carboxylic acids is 1. The second-order valence-corrected chi connectivity index (χ2v) is 9.20. The van der Waals surface area contributed by atoms with Gasteiger partial charge >= 0.3 is 0 Å². The quantitative estimate of drug-likeness (QED) is 0.307. The first kappa shape index (κ1) is 21.1.